The molecule has 1 saturated carbocycles. The van der Waals surface area contributed by atoms with Gasteiger partial charge in [0.05, 0.1) is 12.0 Å². The minimum absolute atomic E-state index is 0.0203. The quantitative estimate of drug-likeness (QED) is 0.798. The number of nitrogens with zero attached hydrogens (tertiary/aromatic N) is 2. The molecule has 25 heavy (non-hydrogen) atoms. The summed E-state index contributed by atoms with van der Waals surface area (Å²) in [6.45, 7) is 5.05. The van der Waals surface area contributed by atoms with Crippen LogP contribution >= 0.6 is 0 Å². The van der Waals surface area contributed by atoms with Gasteiger partial charge < -0.3 is 14.5 Å². The largest absolute Gasteiger partial charge is 0.378 e. The van der Waals surface area contributed by atoms with E-state index in [4.69, 9.17) is 4.74 Å². The van der Waals surface area contributed by atoms with Crippen LogP contribution in [0.25, 0.3) is 0 Å². The Morgan fingerprint density at radius 3 is 2.92 bits per heavy atom. The van der Waals surface area contributed by atoms with Crippen molar-refractivity contribution < 1.29 is 14.3 Å². The Morgan fingerprint density at radius 1 is 1.32 bits per heavy atom. The fourth-order valence-electron chi connectivity index (χ4n) is 4.23. The highest BCUT2D eigenvalue weighted by Gasteiger charge is 2.48. The molecule has 2 aliphatic heterocycles. The highest BCUT2D eigenvalue weighted by atomic mass is 16.5. The van der Waals surface area contributed by atoms with E-state index in [9.17, 15) is 9.59 Å². The van der Waals surface area contributed by atoms with Crippen molar-refractivity contribution in [1.82, 2.24) is 4.90 Å². The predicted octanol–water partition coefficient (Wildman–Crippen LogP) is 2.55. The zero-order chi connectivity index (χ0) is 17.4. The molecule has 134 valence electrons. The van der Waals surface area contributed by atoms with Gasteiger partial charge in [0, 0.05) is 44.3 Å². The Bertz CT molecular complexity index is 675. The minimum atomic E-state index is 0.0203. The van der Waals surface area contributed by atoms with E-state index < -0.39 is 0 Å². The van der Waals surface area contributed by atoms with Gasteiger partial charge in [-0.2, -0.15) is 0 Å². The first-order valence-corrected chi connectivity index (χ1v) is 9.48. The maximum atomic E-state index is 12.9. The molecular formula is C20H26N2O3. The molecule has 5 nitrogen and oxygen atoms in total. The maximum absolute atomic E-state index is 12.9. The highest BCUT2D eigenvalue weighted by Crippen LogP contribution is 2.43. The second-order valence-corrected chi connectivity index (χ2v) is 7.31. The summed E-state index contributed by atoms with van der Waals surface area (Å²) in [6, 6.07) is 8.22. The van der Waals surface area contributed by atoms with E-state index >= 15 is 0 Å². The van der Waals surface area contributed by atoms with Crippen molar-refractivity contribution in [3.05, 3.63) is 29.8 Å². The standard InChI is InChI=1S/C20H26N2O3/c1-2-25-18-12-16(18)20(24)22-13-14(15-6-3-4-7-17(15)22)9-11-21-10-5-8-19(21)23/h3-4,6-7,14,16,18H,2,5,8-13H2,1H3/t14-,16-,18+/m0/s1. The van der Waals surface area contributed by atoms with Crippen LogP contribution in [0.4, 0.5) is 5.69 Å². The van der Waals surface area contributed by atoms with E-state index in [0.29, 0.717) is 18.9 Å². The van der Waals surface area contributed by atoms with Gasteiger partial charge in [0.2, 0.25) is 11.8 Å². The Morgan fingerprint density at radius 2 is 2.16 bits per heavy atom. The van der Waals surface area contributed by atoms with Crippen LogP contribution < -0.4 is 4.90 Å². The number of amides is 2. The van der Waals surface area contributed by atoms with Crippen LogP contribution in [0, 0.1) is 5.92 Å². The second-order valence-electron chi connectivity index (χ2n) is 7.31. The van der Waals surface area contributed by atoms with Crippen LogP contribution in [0.2, 0.25) is 0 Å². The molecule has 5 heteroatoms. The average Bonchev–Trinajstić information content (AvgIpc) is 3.11. The first-order chi connectivity index (χ1) is 12.2. The number of rotatable bonds is 6. The molecule has 2 fully saturated rings. The zero-order valence-electron chi connectivity index (χ0n) is 14.8. The molecule has 1 aromatic rings. The number of carbonyl (C=O) groups is 2. The number of hydrogen-bond acceptors (Lipinski definition) is 3. The lowest BCUT2D eigenvalue weighted by Gasteiger charge is -2.20. The van der Waals surface area contributed by atoms with E-state index in [0.717, 1.165) is 44.6 Å². The first kappa shape index (κ1) is 16.6. The fourth-order valence-corrected chi connectivity index (χ4v) is 4.23. The number of benzene rings is 1. The predicted molar refractivity (Wildman–Crippen MR) is 95.5 cm³/mol. The number of anilines is 1. The third-order valence-corrected chi connectivity index (χ3v) is 5.69. The SMILES string of the molecule is CCO[C@@H]1C[C@@H]1C(=O)N1C[C@H](CCN2CCCC2=O)c2ccccc21. The molecule has 0 spiro atoms. The van der Waals surface area contributed by atoms with Crippen LogP contribution in [0.3, 0.4) is 0 Å². The van der Waals surface area contributed by atoms with E-state index in [-0.39, 0.29) is 23.8 Å². The lowest BCUT2D eigenvalue weighted by Crippen LogP contribution is -2.33. The van der Waals surface area contributed by atoms with Crippen molar-refractivity contribution in [2.24, 2.45) is 5.92 Å². The lowest BCUT2D eigenvalue weighted by atomic mass is 9.98. The van der Waals surface area contributed by atoms with Gasteiger partial charge in [-0.1, -0.05) is 18.2 Å². The number of likely N-dealkylation sites (tertiary alicyclic amines) is 1. The van der Waals surface area contributed by atoms with E-state index in [2.05, 4.69) is 6.07 Å². The summed E-state index contributed by atoms with van der Waals surface area (Å²) in [5.41, 5.74) is 2.29. The van der Waals surface area contributed by atoms with Gasteiger partial charge in [-0.15, -0.1) is 0 Å². The molecule has 0 unspecified atom stereocenters. The zero-order valence-corrected chi connectivity index (χ0v) is 14.8. The number of ether oxygens (including phenoxy) is 1. The molecular weight excluding hydrogens is 316 g/mol. The number of carbonyl (C=O) groups excluding carboxylic acids is 2. The van der Waals surface area contributed by atoms with Gasteiger partial charge in [0.1, 0.15) is 0 Å². The highest BCUT2D eigenvalue weighted by molar-refractivity contribution is 5.99. The van der Waals surface area contributed by atoms with Crippen molar-refractivity contribution in [1.29, 1.82) is 0 Å². The van der Waals surface area contributed by atoms with Crippen LogP contribution in [-0.4, -0.2) is 49.1 Å². The van der Waals surface area contributed by atoms with Gasteiger partial charge in [-0.05, 0) is 37.8 Å². The number of hydrogen-bond donors (Lipinski definition) is 0. The van der Waals surface area contributed by atoms with Crippen LogP contribution in [0.1, 0.15) is 44.1 Å². The molecule has 4 rings (SSSR count). The molecule has 3 aliphatic rings. The van der Waals surface area contributed by atoms with Crippen molar-refractivity contribution in [3.8, 4) is 0 Å². The number of fused-ring (bicyclic) bond motifs is 1. The van der Waals surface area contributed by atoms with Crippen molar-refractivity contribution in [2.75, 3.05) is 31.1 Å². The summed E-state index contributed by atoms with van der Waals surface area (Å²) in [4.78, 5) is 28.7. The third-order valence-electron chi connectivity index (χ3n) is 5.69. The van der Waals surface area contributed by atoms with Gasteiger partial charge in [-0.3, -0.25) is 9.59 Å². The lowest BCUT2D eigenvalue weighted by molar-refractivity contribution is -0.127. The molecule has 2 heterocycles. The van der Waals surface area contributed by atoms with Gasteiger partial charge >= 0.3 is 0 Å². The van der Waals surface area contributed by atoms with E-state index in [1.165, 1.54) is 5.56 Å². The van der Waals surface area contributed by atoms with Crippen LogP contribution in [0.5, 0.6) is 0 Å². The molecule has 1 aliphatic carbocycles. The average molecular weight is 342 g/mol. The number of para-hydroxylation sites is 1. The normalized spacial score (nSPS) is 27.7. The second kappa shape index (κ2) is 6.79. The molecule has 0 N–H and O–H groups in total. The van der Waals surface area contributed by atoms with E-state index in [1.807, 2.05) is 34.9 Å². The summed E-state index contributed by atoms with van der Waals surface area (Å²) in [5.74, 6) is 0.812. The van der Waals surface area contributed by atoms with Crippen molar-refractivity contribution in [3.63, 3.8) is 0 Å². The third kappa shape index (κ3) is 3.17. The Balaban J connectivity index is 1.44. The molecule has 1 saturated heterocycles. The monoisotopic (exact) mass is 342 g/mol. The summed E-state index contributed by atoms with van der Waals surface area (Å²) in [7, 11) is 0. The first-order valence-electron chi connectivity index (χ1n) is 9.48. The van der Waals surface area contributed by atoms with Gasteiger partial charge in [0.25, 0.3) is 0 Å². The van der Waals surface area contributed by atoms with E-state index in [1.54, 1.807) is 0 Å². The fraction of sp³-hybridized carbons (Fsp3) is 0.600. The molecule has 2 amide bonds. The molecule has 3 atom stereocenters. The maximum Gasteiger partial charge on any atom is 0.232 e. The Hall–Kier alpha value is -1.88. The summed E-state index contributed by atoms with van der Waals surface area (Å²) in [6.07, 6.45) is 3.54. The van der Waals surface area contributed by atoms with Gasteiger partial charge in [-0.25, -0.2) is 0 Å². The van der Waals surface area contributed by atoms with Gasteiger partial charge in [0.15, 0.2) is 0 Å². The molecule has 0 bridgehead atoms. The molecule has 1 aromatic carbocycles. The summed E-state index contributed by atoms with van der Waals surface area (Å²) >= 11 is 0. The van der Waals surface area contributed by atoms with Crippen LogP contribution in [-0.2, 0) is 14.3 Å². The van der Waals surface area contributed by atoms with Crippen LogP contribution in [0.15, 0.2) is 24.3 Å². The Kier molecular flexibility index (Phi) is 4.50. The molecule has 0 aromatic heterocycles. The molecule has 0 radical (unpaired) electrons. The van der Waals surface area contributed by atoms with Crippen molar-refractivity contribution >= 4 is 17.5 Å². The summed E-state index contributed by atoms with van der Waals surface area (Å²) < 4.78 is 5.60. The smallest absolute Gasteiger partial charge is 0.232 e. The minimum Gasteiger partial charge on any atom is -0.378 e. The van der Waals surface area contributed by atoms with Crippen molar-refractivity contribution in [2.45, 2.75) is 44.6 Å². The summed E-state index contributed by atoms with van der Waals surface area (Å²) in [5, 5.41) is 0. The Labute approximate surface area is 148 Å². The topological polar surface area (TPSA) is 49.9 Å².